The molecule has 1 heterocycles. The summed E-state index contributed by atoms with van der Waals surface area (Å²) < 4.78 is 6.24. The zero-order valence-electron chi connectivity index (χ0n) is 7.40. The molecule has 1 N–H and O–H groups in total. The normalized spacial score (nSPS) is 12.5. The summed E-state index contributed by atoms with van der Waals surface area (Å²) in [5.41, 5.74) is 0. The maximum Gasteiger partial charge on any atom is 0.138 e. The van der Waals surface area contributed by atoms with Crippen LogP contribution in [0.3, 0.4) is 0 Å². The van der Waals surface area contributed by atoms with E-state index in [2.05, 4.69) is 20.9 Å². The second-order valence-corrected chi connectivity index (χ2v) is 3.74. The third kappa shape index (κ3) is 4.24. The Bertz CT molecular complexity index is 266. The van der Waals surface area contributed by atoms with Gasteiger partial charge in [-0.3, -0.25) is 4.98 Å². The van der Waals surface area contributed by atoms with Crippen LogP contribution in [0.25, 0.3) is 0 Å². The molecule has 0 aliphatic rings. The molecule has 0 saturated heterocycles. The van der Waals surface area contributed by atoms with Gasteiger partial charge < -0.3 is 9.84 Å². The largest absolute Gasteiger partial charge is 0.492 e. The number of hydrogen-bond acceptors (Lipinski definition) is 3. The molecule has 0 saturated carbocycles. The van der Waals surface area contributed by atoms with Crippen molar-refractivity contribution in [2.75, 3.05) is 6.61 Å². The third-order valence-electron chi connectivity index (χ3n) is 1.48. The highest BCUT2D eigenvalue weighted by Gasteiger charge is 1.98. The lowest BCUT2D eigenvalue weighted by atomic mass is 10.3. The fourth-order valence-electron chi connectivity index (χ4n) is 0.819. The van der Waals surface area contributed by atoms with Gasteiger partial charge in [0.15, 0.2) is 0 Å². The summed E-state index contributed by atoms with van der Waals surface area (Å²) in [6, 6.07) is 1.84. The lowest BCUT2D eigenvalue weighted by Crippen LogP contribution is -2.07. The van der Waals surface area contributed by atoms with Gasteiger partial charge in [-0.05, 0) is 28.9 Å². The lowest BCUT2D eigenvalue weighted by Gasteiger charge is -2.06. The van der Waals surface area contributed by atoms with E-state index in [-0.39, 0.29) is 6.10 Å². The molecule has 1 unspecified atom stereocenters. The van der Waals surface area contributed by atoms with Crippen LogP contribution >= 0.6 is 15.9 Å². The summed E-state index contributed by atoms with van der Waals surface area (Å²) >= 11 is 3.29. The fourth-order valence-corrected chi connectivity index (χ4v) is 1.16. The van der Waals surface area contributed by atoms with Crippen LogP contribution in [0.1, 0.15) is 13.3 Å². The summed E-state index contributed by atoms with van der Waals surface area (Å²) in [7, 11) is 0. The summed E-state index contributed by atoms with van der Waals surface area (Å²) in [6.45, 7) is 2.25. The van der Waals surface area contributed by atoms with Gasteiger partial charge >= 0.3 is 0 Å². The van der Waals surface area contributed by atoms with E-state index in [0.717, 1.165) is 10.2 Å². The second-order valence-electron chi connectivity index (χ2n) is 2.83. The van der Waals surface area contributed by atoms with E-state index in [1.807, 2.05) is 6.07 Å². The highest BCUT2D eigenvalue weighted by molar-refractivity contribution is 9.10. The maximum atomic E-state index is 8.98. The van der Waals surface area contributed by atoms with Gasteiger partial charge in [0, 0.05) is 17.1 Å². The predicted molar refractivity (Wildman–Crippen MR) is 53.7 cm³/mol. The first kappa shape index (κ1) is 10.5. The van der Waals surface area contributed by atoms with Crippen LogP contribution in [-0.2, 0) is 0 Å². The first-order chi connectivity index (χ1) is 6.18. The zero-order chi connectivity index (χ0) is 9.68. The molecule has 0 aliphatic heterocycles. The van der Waals surface area contributed by atoms with Crippen LogP contribution in [0.4, 0.5) is 0 Å². The number of aliphatic hydroxyl groups excluding tert-OH is 1. The molecule has 0 bridgehead atoms. The van der Waals surface area contributed by atoms with E-state index in [0.29, 0.717) is 13.0 Å². The first-order valence-corrected chi connectivity index (χ1v) is 4.89. The number of halogens is 1. The Balaban J connectivity index is 2.37. The molecule has 1 rings (SSSR count). The van der Waals surface area contributed by atoms with Crippen molar-refractivity contribution in [1.82, 2.24) is 4.98 Å². The summed E-state index contributed by atoms with van der Waals surface area (Å²) in [5, 5.41) is 8.98. The highest BCUT2D eigenvalue weighted by Crippen LogP contribution is 2.15. The minimum atomic E-state index is -0.319. The van der Waals surface area contributed by atoms with Crippen molar-refractivity contribution in [3.8, 4) is 5.75 Å². The minimum Gasteiger partial charge on any atom is -0.492 e. The Morgan fingerprint density at radius 1 is 1.62 bits per heavy atom. The molecular formula is C9H12BrNO2. The van der Waals surface area contributed by atoms with Crippen LogP contribution in [-0.4, -0.2) is 22.8 Å². The van der Waals surface area contributed by atoms with Crippen LogP contribution in [0.2, 0.25) is 0 Å². The Labute approximate surface area is 85.9 Å². The van der Waals surface area contributed by atoms with Crippen LogP contribution in [0.15, 0.2) is 22.9 Å². The van der Waals surface area contributed by atoms with Crippen molar-refractivity contribution in [1.29, 1.82) is 0 Å². The Kier molecular flexibility index (Phi) is 4.18. The van der Waals surface area contributed by atoms with E-state index in [9.17, 15) is 0 Å². The summed E-state index contributed by atoms with van der Waals surface area (Å²) in [6.07, 6.45) is 3.65. The molecule has 0 radical (unpaired) electrons. The zero-order valence-corrected chi connectivity index (χ0v) is 8.99. The van der Waals surface area contributed by atoms with E-state index >= 15 is 0 Å². The molecule has 13 heavy (non-hydrogen) atoms. The van der Waals surface area contributed by atoms with E-state index in [1.54, 1.807) is 19.3 Å². The molecular weight excluding hydrogens is 234 g/mol. The third-order valence-corrected chi connectivity index (χ3v) is 1.92. The van der Waals surface area contributed by atoms with Crippen molar-refractivity contribution in [2.45, 2.75) is 19.4 Å². The first-order valence-electron chi connectivity index (χ1n) is 4.10. The number of pyridine rings is 1. The van der Waals surface area contributed by atoms with E-state index in [4.69, 9.17) is 9.84 Å². The topological polar surface area (TPSA) is 42.4 Å². The fraction of sp³-hybridized carbons (Fsp3) is 0.444. The highest BCUT2D eigenvalue weighted by atomic mass is 79.9. The van der Waals surface area contributed by atoms with E-state index < -0.39 is 0 Å². The maximum absolute atomic E-state index is 8.98. The molecule has 0 amide bonds. The number of hydrogen-bond donors (Lipinski definition) is 1. The van der Waals surface area contributed by atoms with Crippen LogP contribution in [0, 0.1) is 0 Å². The van der Waals surface area contributed by atoms with E-state index in [1.165, 1.54) is 0 Å². The molecule has 1 aromatic rings. The van der Waals surface area contributed by atoms with Crippen molar-refractivity contribution in [2.24, 2.45) is 0 Å². The standard InChI is InChI=1S/C9H12BrNO2/c1-7(12)2-3-13-9-4-8(10)5-11-6-9/h4-7,12H,2-3H2,1H3. The van der Waals surface area contributed by atoms with Crippen LogP contribution in [0.5, 0.6) is 5.75 Å². The molecule has 0 aliphatic carbocycles. The van der Waals surface area contributed by atoms with Gasteiger partial charge in [0.2, 0.25) is 0 Å². The van der Waals surface area contributed by atoms with Gasteiger partial charge in [-0.1, -0.05) is 0 Å². The number of aliphatic hydroxyl groups is 1. The number of rotatable bonds is 4. The van der Waals surface area contributed by atoms with Crippen molar-refractivity contribution < 1.29 is 9.84 Å². The number of ether oxygens (including phenoxy) is 1. The number of aromatic nitrogens is 1. The smallest absolute Gasteiger partial charge is 0.138 e. The average molecular weight is 246 g/mol. The van der Waals surface area contributed by atoms with Crippen molar-refractivity contribution >= 4 is 15.9 Å². The summed E-state index contributed by atoms with van der Waals surface area (Å²) in [4.78, 5) is 3.95. The molecule has 0 spiro atoms. The Hall–Kier alpha value is -0.610. The van der Waals surface area contributed by atoms with Gasteiger partial charge in [0.05, 0.1) is 18.9 Å². The van der Waals surface area contributed by atoms with Crippen molar-refractivity contribution in [3.05, 3.63) is 22.9 Å². The second kappa shape index (κ2) is 5.19. The number of nitrogens with zero attached hydrogens (tertiary/aromatic N) is 1. The molecule has 1 aromatic heterocycles. The Morgan fingerprint density at radius 3 is 3.00 bits per heavy atom. The molecule has 72 valence electrons. The summed E-state index contributed by atoms with van der Waals surface area (Å²) in [5.74, 6) is 0.718. The molecule has 1 atom stereocenters. The molecule has 0 aromatic carbocycles. The quantitative estimate of drug-likeness (QED) is 0.883. The van der Waals surface area contributed by atoms with Crippen LogP contribution < -0.4 is 4.74 Å². The lowest BCUT2D eigenvalue weighted by molar-refractivity contribution is 0.155. The SMILES string of the molecule is CC(O)CCOc1cncc(Br)c1. The van der Waals surface area contributed by atoms with Gasteiger partial charge in [-0.15, -0.1) is 0 Å². The van der Waals surface area contributed by atoms with Crippen molar-refractivity contribution in [3.63, 3.8) is 0 Å². The van der Waals surface area contributed by atoms with Gasteiger partial charge in [0.25, 0.3) is 0 Å². The molecule has 0 fully saturated rings. The predicted octanol–water partition coefficient (Wildman–Crippen LogP) is 1.99. The molecule has 4 heteroatoms. The van der Waals surface area contributed by atoms with Gasteiger partial charge in [0.1, 0.15) is 5.75 Å². The van der Waals surface area contributed by atoms with Gasteiger partial charge in [-0.2, -0.15) is 0 Å². The average Bonchev–Trinajstić information content (AvgIpc) is 2.03. The minimum absolute atomic E-state index is 0.319. The Morgan fingerprint density at radius 2 is 2.38 bits per heavy atom. The van der Waals surface area contributed by atoms with Gasteiger partial charge in [-0.25, -0.2) is 0 Å². The molecule has 3 nitrogen and oxygen atoms in total. The monoisotopic (exact) mass is 245 g/mol.